The first-order chi connectivity index (χ1) is 15.9. The number of aldehydes is 1. The van der Waals surface area contributed by atoms with Gasteiger partial charge in [0.2, 0.25) is 0 Å². The maximum Gasteiger partial charge on any atom is 0.432 e. The van der Waals surface area contributed by atoms with Crippen molar-refractivity contribution < 1.29 is 27.9 Å². The van der Waals surface area contributed by atoms with E-state index in [2.05, 4.69) is 5.43 Å². The summed E-state index contributed by atoms with van der Waals surface area (Å²) in [4.78, 5) is 27.8. The molecule has 1 aromatic heterocycles. The lowest BCUT2D eigenvalue weighted by Gasteiger charge is -2.34. The number of nitrogens with two attached hydrogens (primary N) is 1. The molecule has 1 aromatic carbocycles. The summed E-state index contributed by atoms with van der Waals surface area (Å²) in [5.41, 5.74) is 6.01. The Morgan fingerprint density at radius 2 is 1.91 bits per heavy atom. The Hall–Kier alpha value is -2.92. The van der Waals surface area contributed by atoms with Gasteiger partial charge in [0.25, 0.3) is 5.91 Å². The van der Waals surface area contributed by atoms with Gasteiger partial charge in [-0.2, -0.15) is 13.2 Å². The lowest BCUT2D eigenvalue weighted by molar-refractivity contribution is -0.115. The molecule has 2 aliphatic rings. The molecule has 1 saturated carbocycles. The molecule has 0 saturated heterocycles. The van der Waals surface area contributed by atoms with Crippen molar-refractivity contribution in [1.82, 2.24) is 10.4 Å². The van der Waals surface area contributed by atoms with E-state index in [-0.39, 0.29) is 28.8 Å². The molecule has 0 bridgehead atoms. The fourth-order valence-electron chi connectivity index (χ4n) is 4.33. The topological polar surface area (TPSA) is 109 Å². The number of nitrogens with zero attached hydrogens (tertiary/aromatic N) is 2. The molecule has 34 heavy (non-hydrogen) atoms. The van der Waals surface area contributed by atoms with Gasteiger partial charge in [-0.1, -0.05) is 0 Å². The van der Waals surface area contributed by atoms with Crippen LogP contribution in [0.5, 0.6) is 0 Å². The Labute approximate surface area is 198 Å². The second-order valence-corrected chi connectivity index (χ2v) is 10.2. The monoisotopic (exact) mass is 494 g/mol. The third-order valence-corrected chi connectivity index (χ3v) is 7.36. The number of halogens is 3. The van der Waals surface area contributed by atoms with Gasteiger partial charge in [0, 0.05) is 17.4 Å². The van der Waals surface area contributed by atoms with Crippen LogP contribution in [-0.2, 0) is 15.2 Å². The van der Waals surface area contributed by atoms with Crippen LogP contribution in [0.2, 0.25) is 0 Å². The summed E-state index contributed by atoms with van der Waals surface area (Å²) >= 11 is 1.42. The molecular weight excluding hydrogens is 469 g/mol. The van der Waals surface area contributed by atoms with Crippen LogP contribution in [0.3, 0.4) is 0 Å². The molecule has 2 aromatic rings. The quantitative estimate of drug-likeness (QED) is 0.540. The number of hydrogen-bond donors (Lipinski definition) is 3. The summed E-state index contributed by atoms with van der Waals surface area (Å²) in [5, 5.41) is 12.7. The molecule has 7 nitrogen and oxygen atoms in total. The molecule has 0 spiro atoms. The van der Waals surface area contributed by atoms with E-state index in [0.717, 1.165) is 54.1 Å². The number of amides is 1. The molecule has 1 fully saturated rings. The number of allylic oxidation sites excluding steroid dienone is 3. The third kappa shape index (κ3) is 4.67. The van der Waals surface area contributed by atoms with Gasteiger partial charge < -0.3 is 15.6 Å². The zero-order valence-corrected chi connectivity index (χ0v) is 19.5. The number of carbonyl (C=O) groups excluding carboxylic acids is 2. The normalized spacial score (nSPS) is 21.6. The predicted octanol–water partition coefficient (Wildman–Crippen LogP) is 4.14. The van der Waals surface area contributed by atoms with Crippen LogP contribution < -0.4 is 16.2 Å². The maximum absolute atomic E-state index is 13.4. The molecule has 182 valence electrons. The van der Waals surface area contributed by atoms with Crippen molar-refractivity contribution in [3.63, 3.8) is 0 Å². The number of anilines is 1. The Morgan fingerprint density at radius 3 is 2.47 bits per heavy atom. The number of primary amides is 1. The number of fused-ring (bicyclic) bond motifs is 1. The lowest BCUT2D eigenvalue weighted by Crippen LogP contribution is -2.47. The Morgan fingerprint density at radius 1 is 1.24 bits per heavy atom. The van der Waals surface area contributed by atoms with Gasteiger partial charge in [-0.05, 0) is 63.8 Å². The number of alkyl halides is 3. The number of thiazole rings is 1. The first-order valence-electron chi connectivity index (χ1n) is 10.9. The minimum Gasteiger partial charge on any atom is -0.386 e. The standard InChI is InChI=1S/C23H25F3N4O3S/c1-22(2,33)14-9-15-18(34-21(28-15)13-5-3-12(11-31)4-6-13)10-17(14)30-16(20(27)32)7-8-19(29-30)23(24,25)26/h7-13,29,33H,3-6H2,1-2H3,(H2,27,32). The highest BCUT2D eigenvalue weighted by Crippen LogP contribution is 2.42. The highest BCUT2D eigenvalue weighted by Gasteiger charge is 2.39. The third-order valence-electron chi connectivity index (χ3n) is 6.17. The number of aromatic nitrogens is 1. The molecule has 1 aliphatic carbocycles. The van der Waals surface area contributed by atoms with Crippen molar-refractivity contribution in [3.8, 4) is 0 Å². The van der Waals surface area contributed by atoms with Crippen LogP contribution in [-0.4, -0.2) is 28.5 Å². The number of benzene rings is 1. The molecular formula is C23H25F3N4O3S. The number of hydrogen-bond acceptors (Lipinski definition) is 7. The largest absolute Gasteiger partial charge is 0.432 e. The second-order valence-electron chi connectivity index (χ2n) is 9.14. The minimum absolute atomic E-state index is 0.0686. The molecule has 0 atom stereocenters. The molecule has 11 heteroatoms. The van der Waals surface area contributed by atoms with Gasteiger partial charge >= 0.3 is 6.18 Å². The van der Waals surface area contributed by atoms with E-state index in [1.165, 1.54) is 25.2 Å². The van der Waals surface area contributed by atoms with Crippen molar-refractivity contribution in [3.05, 3.63) is 46.2 Å². The van der Waals surface area contributed by atoms with Gasteiger partial charge in [0.05, 0.1) is 26.5 Å². The van der Waals surface area contributed by atoms with Gasteiger partial charge in [0.1, 0.15) is 17.7 Å². The lowest BCUT2D eigenvalue weighted by atomic mass is 9.83. The van der Waals surface area contributed by atoms with Crippen molar-refractivity contribution in [2.24, 2.45) is 11.7 Å². The molecule has 1 amide bonds. The number of carbonyl (C=O) groups is 2. The summed E-state index contributed by atoms with van der Waals surface area (Å²) in [7, 11) is 0. The van der Waals surface area contributed by atoms with Crippen LogP contribution in [0.25, 0.3) is 10.2 Å². The maximum atomic E-state index is 13.4. The highest BCUT2D eigenvalue weighted by molar-refractivity contribution is 7.18. The van der Waals surface area contributed by atoms with E-state index in [1.54, 1.807) is 12.1 Å². The Balaban J connectivity index is 1.80. The molecule has 1 aliphatic heterocycles. The summed E-state index contributed by atoms with van der Waals surface area (Å²) in [5.74, 6) is -0.667. The number of nitrogens with one attached hydrogen (secondary N) is 1. The average Bonchev–Trinajstić information content (AvgIpc) is 3.20. The van der Waals surface area contributed by atoms with Crippen LogP contribution in [0, 0.1) is 5.92 Å². The van der Waals surface area contributed by atoms with Gasteiger partial charge in [-0.15, -0.1) is 11.3 Å². The Bertz CT molecular complexity index is 1190. The fraction of sp³-hybridized carbons (Fsp3) is 0.435. The van der Waals surface area contributed by atoms with E-state index >= 15 is 0 Å². The van der Waals surface area contributed by atoms with E-state index in [9.17, 15) is 27.9 Å². The summed E-state index contributed by atoms with van der Waals surface area (Å²) < 4.78 is 41.0. The molecule has 2 heterocycles. The average molecular weight is 495 g/mol. The smallest absolute Gasteiger partial charge is 0.386 e. The number of hydrazine groups is 1. The van der Waals surface area contributed by atoms with Crippen LogP contribution in [0.15, 0.2) is 35.7 Å². The van der Waals surface area contributed by atoms with Crippen molar-refractivity contribution in [2.45, 2.75) is 57.2 Å². The zero-order chi connectivity index (χ0) is 24.8. The van der Waals surface area contributed by atoms with Crippen molar-refractivity contribution in [2.75, 3.05) is 5.01 Å². The van der Waals surface area contributed by atoms with Crippen molar-refractivity contribution in [1.29, 1.82) is 0 Å². The highest BCUT2D eigenvalue weighted by atomic mass is 32.1. The minimum atomic E-state index is -4.69. The van der Waals surface area contributed by atoms with E-state index < -0.39 is 23.4 Å². The van der Waals surface area contributed by atoms with E-state index in [0.29, 0.717) is 10.2 Å². The molecule has 0 unspecified atom stereocenters. The summed E-state index contributed by atoms with van der Waals surface area (Å²) in [6.07, 6.45) is 1.31. The molecule has 4 N–H and O–H groups in total. The zero-order valence-electron chi connectivity index (χ0n) is 18.6. The van der Waals surface area contributed by atoms with Gasteiger partial charge in [-0.3, -0.25) is 15.2 Å². The van der Waals surface area contributed by atoms with Crippen LogP contribution in [0.4, 0.5) is 18.9 Å². The van der Waals surface area contributed by atoms with E-state index in [4.69, 9.17) is 10.7 Å². The van der Waals surface area contributed by atoms with Crippen molar-refractivity contribution >= 4 is 39.4 Å². The second kappa shape index (κ2) is 8.70. The first kappa shape index (κ1) is 24.2. The van der Waals surface area contributed by atoms with E-state index in [1.807, 2.05) is 0 Å². The van der Waals surface area contributed by atoms with Gasteiger partial charge in [-0.25, -0.2) is 4.98 Å². The summed E-state index contributed by atoms with van der Waals surface area (Å²) in [6, 6.07) is 3.25. The Kier molecular flexibility index (Phi) is 6.19. The molecule has 4 rings (SSSR count). The SMILES string of the molecule is CC(C)(O)c1cc2nc(C3CCC(C=O)CC3)sc2cc1N1NC(C(F)(F)F)=CC=C1C(N)=O. The first-order valence-corrected chi connectivity index (χ1v) is 11.7. The number of rotatable bonds is 5. The number of aliphatic hydroxyl groups is 1. The molecule has 0 radical (unpaired) electrons. The predicted molar refractivity (Wildman–Crippen MR) is 123 cm³/mol. The fourth-order valence-corrected chi connectivity index (χ4v) is 5.48. The van der Waals surface area contributed by atoms with Crippen LogP contribution in [0.1, 0.15) is 56.0 Å². The van der Waals surface area contributed by atoms with Gasteiger partial charge in [0.15, 0.2) is 0 Å². The summed E-state index contributed by atoms with van der Waals surface area (Å²) in [6.45, 7) is 3.01. The van der Waals surface area contributed by atoms with Crippen LogP contribution >= 0.6 is 11.3 Å².